The molecule has 1 aliphatic rings. The number of benzene rings is 1. The van der Waals surface area contributed by atoms with Gasteiger partial charge in [0.25, 0.3) is 0 Å². The minimum absolute atomic E-state index is 0. The van der Waals surface area contributed by atoms with Crippen molar-refractivity contribution >= 4 is 36.4 Å². The number of nitrogens with one attached hydrogen (secondary N) is 1. The summed E-state index contributed by atoms with van der Waals surface area (Å²) in [5.41, 5.74) is 5.99. The predicted molar refractivity (Wildman–Crippen MR) is 116 cm³/mol. The Morgan fingerprint density at radius 1 is 1.21 bits per heavy atom. The molecule has 1 heterocycles. The normalized spacial score (nSPS) is 15.2. The van der Waals surface area contributed by atoms with E-state index in [1.165, 1.54) is 0 Å². The van der Waals surface area contributed by atoms with E-state index < -0.39 is 5.54 Å². The zero-order valence-electron chi connectivity index (χ0n) is 16.9. The highest BCUT2D eigenvalue weighted by molar-refractivity contribution is 5.98. The number of ether oxygens (including phenoxy) is 3. The van der Waals surface area contributed by atoms with Crippen LogP contribution in [-0.2, 0) is 9.53 Å². The predicted octanol–water partition coefficient (Wildman–Crippen LogP) is 2.71. The molecular formula is C19H33Cl2N3O4. The molecule has 0 spiro atoms. The summed E-state index contributed by atoms with van der Waals surface area (Å²) in [6, 6.07) is 5.36. The molecular weight excluding hydrogens is 405 g/mol. The van der Waals surface area contributed by atoms with Crippen molar-refractivity contribution in [2.24, 2.45) is 5.73 Å². The lowest BCUT2D eigenvalue weighted by Crippen LogP contribution is -2.54. The number of methoxy groups -OCH3 is 1. The van der Waals surface area contributed by atoms with Gasteiger partial charge in [0, 0.05) is 31.5 Å². The molecule has 0 saturated carbocycles. The number of anilines is 1. The lowest BCUT2D eigenvalue weighted by molar-refractivity contribution is -0.124. The highest BCUT2D eigenvalue weighted by Crippen LogP contribution is 2.31. The lowest BCUT2D eigenvalue weighted by Gasteiger charge is -2.31. The van der Waals surface area contributed by atoms with Gasteiger partial charge in [0.2, 0.25) is 5.91 Å². The van der Waals surface area contributed by atoms with E-state index in [0.717, 1.165) is 19.6 Å². The summed E-state index contributed by atoms with van der Waals surface area (Å²) >= 11 is 0. The first-order valence-corrected chi connectivity index (χ1v) is 9.23. The second-order valence-corrected chi connectivity index (χ2v) is 6.46. The maximum Gasteiger partial charge on any atom is 0.244 e. The smallest absolute Gasteiger partial charge is 0.244 e. The third-order valence-corrected chi connectivity index (χ3v) is 4.82. The first kappa shape index (κ1) is 26.8. The van der Waals surface area contributed by atoms with Crippen LogP contribution in [0.5, 0.6) is 11.5 Å². The number of amides is 1. The molecule has 0 unspecified atom stereocenters. The van der Waals surface area contributed by atoms with Gasteiger partial charge in [0.05, 0.1) is 7.11 Å². The van der Waals surface area contributed by atoms with E-state index in [1.54, 1.807) is 25.3 Å². The molecule has 0 radical (unpaired) electrons. The van der Waals surface area contributed by atoms with Gasteiger partial charge >= 0.3 is 0 Å². The third-order valence-electron chi connectivity index (χ3n) is 4.82. The largest absolute Gasteiger partial charge is 0.493 e. The van der Waals surface area contributed by atoms with Crippen molar-refractivity contribution in [3.8, 4) is 11.5 Å². The summed E-state index contributed by atoms with van der Waals surface area (Å²) in [5, 5.41) is 2.90. The van der Waals surface area contributed by atoms with Crippen molar-refractivity contribution in [1.29, 1.82) is 0 Å². The first-order chi connectivity index (χ1) is 12.5. The molecule has 9 heteroatoms. The minimum atomic E-state index is -0.887. The summed E-state index contributed by atoms with van der Waals surface area (Å²) in [5.74, 6) is 1.05. The number of nitrogens with two attached hydrogens (primary N) is 1. The van der Waals surface area contributed by atoms with Crippen LogP contribution in [0, 0.1) is 0 Å². The molecule has 28 heavy (non-hydrogen) atoms. The van der Waals surface area contributed by atoms with Crippen LogP contribution >= 0.6 is 24.8 Å². The Labute approximate surface area is 180 Å². The summed E-state index contributed by atoms with van der Waals surface area (Å²) in [4.78, 5) is 14.8. The molecule has 1 aromatic rings. The van der Waals surface area contributed by atoms with Gasteiger partial charge in [0.1, 0.15) is 12.1 Å². The van der Waals surface area contributed by atoms with E-state index >= 15 is 0 Å². The van der Waals surface area contributed by atoms with E-state index in [1.807, 2.05) is 0 Å². The molecule has 1 aliphatic heterocycles. The van der Waals surface area contributed by atoms with Crippen LogP contribution in [0.3, 0.4) is 0 Å². The van der Waals surface area contributed by atoms with Gasteiger partial charge in [-0.2, -0.15) is 0 Å². The van der Waals surface area contributed by atoms with E-state index in [9.17, 15) is 4.79 Å². The van der Waals surface area contributed by atoms with Gasteiger partial charge in [-0.25, -0.2) is 0 Å². The average Bonchev–Trinajstić information content (AvgIpc) is 2.66. The standard InChI is InChI=1S/C19H31N3O4.2ClH/c1-4-22(5-2)10-13-26-17-14-15(6-7-16(17)24-3)21-18(23)19(20)8-11-25-12-9-19;;/h6-7,14H,4-5,8-13,20H2,1-3H3,(H,21,23);2*1H. The molecule has 1 amide bonds. The molecule has 2 rings (SSSR count). The number of carbonyl (C=O) groups is 1. The number of halogens is 2. The van der Waals surface area contributed by atoms with Crippen molar-refractivity contribution < 1.29 is 19.0 Å². The van der Waals surface area contributed by atoms with Crippen molar-refractivity contribution in [1.82, 2.24) is 4.90 Å². The number of likely N-dealkylation sites (N-methyl/N-ethyl adjacent to an activating group) is 1. The number of carbonyl (C=O) groups excluding carboxylic acids is 1. The third kappa shape index (κ3) is 7.29. The Balaban J connectivity index is 0.00000364. The molecule has 162 valence electrons. The molecule has 0 aromatic heterocycles. The van der Waals surface area contributed by atoms with Gasteiger partial charge in [-0.3, -0.25) is 4.79 Å². The Hall–Kier alpha value is -1.25. The van der Waals surface area contributed by atoms with Gasteiger partial charge in [-0.15, -0.1) is 24.8 Å². The molecule has 3 N–H and O–H groups in total. The van der Waals surface area contributed by atoms with Crippen LogP contribution < -0.4 is 20.5 Å². The first-order valence-electron chi connectivity index (χ1n) is 9.23. The van der Waals surface area contributed by atoms with Crippen LogP contribution in [0.1, 0.15) is 26.7 Å². The molecule has 1 saturated heterocycles. The summed E-state index contributed by atoms with van der Waals surface area (Å²) in [6.07, 6.45) is 1.03. The molecule has 1 fully saturated rings. The van der Waals surface area contributed by atoms with Gasteiger partial charge in [0.15, 0.2) is 11.5 Å². The quantitative estimate of drug-likeness (QED) is 0.617. The fourth-order valence-electron chi connectivity index (χ4n) is 2.91. The highest BCUT2D eigenvalue weighted by Gasteiger charge is 2.36. The summed E-state index contributed by atoms with van der Waals surface area (Å²) in [6.45, 7) is 8.61. The molecule has 7 nitrogen and oxygen atoms in total. The highest BCUT2D eigenvalue weighted by atomic mass is 35.5. The van der Waals surface area contributed by atoms with E-state index in [4.69, 9.17) is 19.9 Å². The monoisotopic (exact) mass is 437 g/mol. The molecule has 0 atom stereocenters. The Morgan fingerprint density at radius 3 is 2.43 bits per heavy atom. The van der Waals surface area contributed by atoms with Gasteiger partial charge in [-0.05, 0) is 38.1 Å². The summed E-state index contributed by atoms with van der Waals surface area (Å²) < 4.78 is 16.5. The van der Waals surface area contributed by atoms with E-state index in [-0.39, 0.29) is 30.7 Å². The average molecular weight is 438 g/mol. The van der Waals surface area contributed by atoms with Crippen LogP contribution in [0.4, 0.5) is 5.69 Å². The zero-order valence-corrected chi connectivity index (χ0v) is 18.5. The molecule has 0 aliphatic carbocycles. The van der Waals surface area contributed by atoms with Gasteiger partial charge < -0.3 is 30.2 Å². The van der Waals surface area contributed by atoms with Crippen LogP contribution in [0.25, 0.3) is 0 Å². The number of hydrogen-bond donors (Lipinski definition) is 2. The SMILES string of the molecule is CCN(CC)CCOc1cc(NC(=O)C2(N)CCOCC2)ccc1OC.Cl.Cl. The van der Waals surface area contributed by atoms with Crippen LogP contribution in [0.2, 0.25) is 0 Å². The Morgan fingerprint density at radius 2 is 1.86 bits per heavy atom. The van der Waals surface area contributed by atoms with Crippen LogP contribution in [0.15, 0.2) is 18.2 Å². The minimum Gasteiger partial charge on any atom is -0.493 e. The summed E-state index contributed by atoms with van der Waals surface area (Å²) in [7, 11) is 1.60. The lowest BCUT2D eigenvalue weighted by atomic mass is 9.90. The molecule has 1 aromatic carbocycles. The zero-order chi connectivity index (χ0) is 19.0. The second kappa shape index (κ2) is 13.1. The van der Waals surface area contributed by atoms with E-state index in [0.29, 0.717) is 49.8 Å². The van der Waals surface area contributed by atoms with Crippen LogP contribution in [-0.4, -0.2) is 62.9 Å². The van der Waals surface area contributed by atoms with Crippen molar-refractivity contribution in [2.75, 3.05) is 51.9 Å². The fourth-order valence-corrected chi connectivity index (χ4v) is 2.91. The van der Waals surface area contributed by atoms with Crippen molar-refractivity contribution in [3.63, 3.8) is 0 Å². The number of hydrogen-bond acceptors (Lipinski definition) is 6. The van der Waals surface area contributed by atoms with Gasteiger partial charge in [-0.1, -0.05) is 13.8 Å². The molecule has 0 bridgehead atoms. The number of nitrogens with zero attached hydrogens (tertiary/aromatic N) is 1. The van der Waals surface area contributed by atoms with Crippen molar-refractivity contribution in [2.45, 2.75) is 32.2 Å². The topological polar surface area (TPSA) is 86.1 Å². The fraction of sp³-hybridized carbons (Fsp3) is 0.632. The maximum absolute atomic E-state index is 12.6. The Bertz CT molecular complexity index is 595. The van der Waals surface area contributed by atoms with E-state index in [2.05, 4.69) is 24.1 Å². The van der Waals surface area contributed by atoms with Crippen molar-refractivity contribution in [3.05, 3.63) is 18.2 Å². The Kier molecular flexibility index (Phi) is 12.5. The maximum atomic E-state index is 12.6. The second-order valence-electron chi connectivity index (χ2n) is 6.46. The number of rotatable bonds is 9.